The molecule has 3 nitrogen and oxygen atoms in total. The Hall–Kier alpha value is -1.32. The lowest BCUT2D eigenvalue weighted by Gasteiger charge is -2.37. The molecule has 0 aromatic carbocycles. The summed E-state index contributed by atoms with van der Waals surface area (Å²) in [4.78, 5) is 0. The van der Waals surface area contributed by atoms with E-state index < -0.39 is 0 Å². The molecule has 4 rings (SSSR count). The summed E-state index contributed by atoms with van der Waals surface area (Å²) >= 11 is 0. The summed E-state index contributed by atoms with van der Waals surface area (Å²) in [7, 11) is 0. The maximum absolute atomic E-state index is 9.68. The Morgan fingerprint density at radius 3 is 2.70 bits per heavy atom. The van der Waals surface area contributed by atoms with Crippen LogP contribution in [0.2, 0.25) is 0 Å². The molecule has 1 saturated carbocycles. The summed E-state index contributed by atoms with van der Waals surface area (Å²) in [6.45, 7) is 4.15. The van der Waals surface area contributed by atoms with Crippen molar-refractivity contribution in [3.8, 4) is 0 Å². The summed E-state index contributed by atoms with van der Waals surface area (Å²) in [5.41, 5.74) is 12.1. The first-order chi connectivity index (χ1) is 13.0. The van der Waals surface area contributed by atoms with Crippen molar-refractivity contribution in [3.05, 3.63) is 46.7 Å². The van der Waals surface area contributed by atoms with Gasteiger partial charge in [0.2, 0.25) is 0 Å². The van der Waals surface area contributed by atoms with Crippen LogP contribution < -0.4 is 11.1 Å². The molecule has 0 aromatic rings. The van der Waals surface area contributed by atoms with Crippen LogP contribution in [0.5, 0.6) is 0 Å². The minimum absolute atomic E-state index is 0.173. The third-order valence-electron chi connectivity index (χ3n) is 7.17. The number of hydrogen-bond acceptors (Lipinski definition) is 3. The fraction of sp³-hybridized carbons (Fsp3) is 0.667. The lowest BCUT2D eigenvalue weighted by atomic mass is 9.71. The molecule has 148 valence electrons. The second kappa shape index (κ2) is 7.97. The van der Waals surface area contributed by atoms with Gasteiger partial charge >= 0.3 is 0 Å². The zero-order valence-corrected chi connectivity index (χ0v) is 17.0. The Morgan fingerprint density at radius 1 is 1.15 bits per heavy atom. The van der Waals surface area contributed by atoms with Gasteiger partial charge in [-0.15, -0.1) is 0 Å². The fourth-order valence-electron chi connectivity index (χ4n) is 5.62. The van der Waals surface area contributed by atoms with E-state index in [1.165, 1.54) is 54.5 Å². The minimum Gasteiger partial charge on any atom is -0.393 e. The molecule has 4 aliphatic rings. The van der Waals surface area contributed by atoms with Crippen LogP contribution in [0.4, 0.5) is 0 Å². The molecule has 1 fully saturated rings. The lowest BCUT2D eigenvalue weighted by molar-refractivity contribution is 0.161. The fourth-order valence-corrected chi connectivity index (χ4v) is 5.62. The van der Waals surface area contributed by atoms with Gasteiger partial charge < -0.3 is 16.2 Å². The first-order valence-electron chi connectivity index (χ1n) is 11.1. The molecular weight excluding hydrogens is 332 g/mol. The van der Waals surface area contributed by atoms with Gasteiger partial charge in [0, 0.05) is 23.4 Å². The van der Waals surface area contributed by atoms with Crippen molar-refractivity contribution in [1.82, 2.24) is 5.32 Å². The molecule has 0 saturated heterocycles. The zero-order chi connectivity index (χ0) is 19.0. The van der Waals surface area contributed by atoms with Gasteiger partial charge in [-0.3, -0.25) is 0 Å². The molecule has 0 bridgehead atoms. The third-order valence-corrected chi connectivity index (χ3v) is 7.17. The lowest BCUT2D eigenvalue weighted by Crippen LogP contribution is -2.34. The highest BCUT2D eigenvalue weighted by molar-refractivity contribution is 5.59. The second-order valence-corrected chi connectivity index (χ2v) is 9.27. The van der Waals surface area contributed by atoms with E-state index in [0.29, 0.717) is 23.8 Å². The molecular formula is C24H36N2O. The number of nitrogens with two attached hydrogens (primary N) is 1. The topological polar surface area (TPSA) is 58.3 Å². The van der Waals surface area contributed by atoms with E-state index in [0.717, 1.165) is 19.3 Å². The predicted molar refractivity (Wildman–Crippen MR) is 112 cm³/mol. The van der Waals surface area contributed by atoms with Gasteiger partial charge in [0.1, 0.15) is 0 Å². The van der Waals surface area contributed by atoms with Crippen molar-refractivity contribution in [2.75, 3.05) is 0 Å². The predicted octanol–water partition coefficient (Wildman–Crippen LogP) is 4.36. The van der Waals surface area contributed by atoms with Crippen molar-refractivity contribution in [1.29, 1.82) is 0 Å². The number of hydrogen-bond donors (Lipinski definition) is 3. The van der Waals surface area contributed by atoms with Gasteiger partial charge in [0.15, 0.2) is 0 Å². The monoisotopic (exact) mass is 368 g/mol. The van der Waals surface area contributed by atoms with E-state index in [1.807, 2.05) is 6.92 Å². The molecule has 0 spiro atoms. The summed E-state index contributed by atoms with van der Waals surface area (Å²) in [6, 6.07) is 0.835. The van der Waals surface area contributed by atoms with E-state index >= 15 is 0 Å². The highest BCUT2D eigenvalue weighted by atomic mass is 16.3. The SMILES string of the molecule is CCC1=CC(C2C=C(NC3CC[C@@H](CC(C)O)C3)C3=CC=C3C2)CCC1N. The zero-order valence-electron chi connectivity index (χ0n) is 17.0. The van der Waals surface area contributed by atoms with Crippen LogP contribution >= 0.6 is 0 Å². The second-order valence-electron chi connectivity index (χ2n) is 9.27. The maximum Gasteiger partial charge on any atom is 0.0514 e. The van der Waals surface area contributed by atoms with Gasteiger partial charge in [0.05, 0.1) is 6.10 Å². The van der Waals surface area contributed by atoms with Crippen LogP contribution in [0.1, 0.15) is 65.2 Å². The highest BCUT2D eigenvalue weighted by Gasteiger charge is 2.33. The van der Waals surface area contributed by atoms with Crippen molar-refractivity contribution < 1.29 is 5.11 Å². The number of nitrogens with one attached hydrogen (secondary N) is 1. The first-order valence-corrected chi connectivity index (χ1v) is 11.1. The number of aliphatic hydroxyl groups excluding tert-OH is 1. The normalized spacial score (nSPS) is 36.7. The molecule has 5 unspecified atom stereocenters. The number of allylic oxidation sites excluding steroid dienone is 5. The van der Waals surface area contributed by atoms with Crippen LogP contribution in [0.3, 0.4) is 0 Å². The van der Waals surface area contributed by atoms with Crippen LogP contribution in [0.25, 0.3) is 0 Å². The highest BCUT2D eigenvalue weighted by Crippen LogP contribution is 2.43. The molecule has 6 atom stereocenters. The summed E-state index contributed by atoms with van der Waals surface area (Å²) in [5.74, 6) is 1.90. The van der Waals surface area contributed by atoms with Gasteiger partial charge in [-0.1, -0.05) is 36.8 Å². The van der Waals surface area contributed by atoms with Crippen LogP contribution in [0, 0.1) is 17.8 Å². The quantitative estimate of drug-likeness (QED) is 0.611. The van der Waals surface area contributed by atoms with Crippen molar-refractivity contribution in [3.63, 3.8) is 0 Å². The van der Waals surface area contributed by atoms with Gasteiger partial charge in [0.25, 0.3) is 0 Å². The van der Waals surface area contributed by atoms with Crippen molar-refractivity contribution in [2.24, 2.45) is 23.5 Å². The van der Waals surface area contributed by atoms with Gasteiger partial charge in [-0.05, 0) is 81.6 Å². The van der Waals surface area contributed by atoms with E-state index in [9.17, 15) is 5.11 Å². The van der Waals surface area contributed by atoms with E-state index in [4.69, 9.17) is 5.73 Å². The van der Waals surface area contributed by atoms with Crippen LogP contribution in [-0.2, 0) is 0 Å². The maximum atomic E-state index is 9.68. The van der Waals surface area contributed by atoms with Gasteiger partial charge in [-0.25, -0.2) is 0 Å². The molecule has 0 heterocycles. The van der Waals surface area contributed by atoms with E-state index in [-0.39, 0.29) is 12.1 Å². The molecule has 0 amide bonds. The standard InChI is InChI=1S/C24H36N2O/c1-3-17-12-18(6-9-23(17)25)20-13-19-5-8-22(19)24(14-20)26-21-7-4-16(11-21)10-15(2)27/h5,8,12,14-16,18,20-21,23,26-27H,3-4,6-7,9-11,13,25H2,1-2H3/t15?,16-,18?,20?,21?,23?/m0/s1. The number of rotatable bonds is 6. The average molecular weight is 369 g/mol. The summed E-state index contributed by atoms with van der Waals surface area (Å²) < 4.78 is 0. The first kappa shape index (κ1) is 19.0. The van der Waals surface area contributed by atoms with Gasteiger partial charge in [-0.2, -0.15) is 0 Å². The minimum atomic E-state index is -0.173. The number of aliphatic hydroxyl groups is 1. The largest absolute Gasteiger partial charge is 0.393 e. The Kier molecular flexibility index (Phi) is 5.61. The van der Waals surface area contributed by atoms with Crippen molar-refractivity contribution >= 4 is 0 Å². The molecule has 0 aromatic heterocycles. The molecule has 3 heteroatoms. The Balaban J connectivity index is 1.45. The molecule has 27 heavy (non-hydrogen) atoms. The number of fused-ring (bicyclic) bond motifs is 1. The summed E-state index contributed by atoms with van der Waals surface area (Å²) in [5, 5.41) is 13.6. The van der Waals surface area contributed by atoms with E-state index in [2.05, 4.69) is 36.5 Å². The third kappa shape index (κ3) is 4.09. The Labute approximate surface area is 164 Å². The summed E-state index contributed by atoms with van der Waals surface area (Å²) in [6.07, 6.45) is 18.6. The van der Waals surface area contributed by atoms with E-state index in [1.54, 1.807) is 0 Å². The molecule has 4 N–H and O–H groups in total. The van der Waals surface area contributed by atoms with Crippen LogP contribution in [0.15, 0.2) is 46.7 Å². The average Bonchev–Trinajstić information content (AvgIpc) is 3.03. The Bertz CT molecular complexity index is 684. The Morgan fingerprint density at radius 2 is 2.00 bits per heavy atom. The molecule has 0 aliphatic heterocycles. The van der Waals surface area contributed by atoms with Crippen molar-refractivity contribution in [2.45, 2.75) is 83.4 Å². The van der Waals surface area contributed by atoms with Crippen LogP contribution in [-0.4, -0.2) is 23.3 Å². The molecule has 0 radical (unpaired) electrons. The molecule has 4 aliphatic carbocycles. The smallest absolute Gasteiger partial charge is 0.0514 e.